The van der Waals surface area contributed by atoms with Crippen LogP contribution in [0, 0.1) is 0 Å². The lowest BCUT2D eigenvalue weighted by molar-refractivity contribution is -0.129. The molecule has 3 aromatic rings. The van der Waals surface area contributed by atoms with Gasteiger partial charge >= 0.3 is 0 Å². The number of rotatable bonds is 3. The Balaban J connectivity index is 1.48. The largest absolute Gasteiger partial charge is 0.340 e. The number of hydrogen-bond donors (Lipinski definition) is 0. The van der Waals surface area contributed by atoms with Gasteiger partial charge in [-0.1, -0.05) is 18.2 Å². The van der Waals surface area contributed by atoms with Crippen LogP contribution in [0.25, 0.3) is 11.0 Å². The van der Waals surface area contributed by atoms with Crippen LogP contribution in [-0.4, -0.2) is 38.4 Å². The molecule has 116 valence electrons. The number of nitrogens with zero attached hydrogens (tertiary/aromatic N) is 4. The fourth-order valence-corrected chi connectivity index (χ4v) is 3.25. The van der Waals surface area contributed by atoms with Crippen LogP contribution in [-0.2, 0) is 11.2 Å². The average Bonchev–Trinajstić information content (AvgIpc) is 3.22. The molecule has 1 aromatic carbocycles. The molecule has 4 rings (SSSR count). The van der Waals surface area contributed by atoms with Crippen molar-refractivity contribution < 1.29 is 4.79 Å². The number of likely N-dealkylation sites (tertiary alicyclic amines) is 1. The second-order valence-corrected chi connectivity index (χ2v) is 5.96. The van der Waals surface area contributed by atoms with Crippen molar-refractivity contribution in [1.29, 1.82) is 0 Å². The first-order chi connectivity index (χ1) is 11.3. The number of amides is 1. The first-order valence-electron chi connectivity index (χ1n) is 7.89. The lowest BCUT2D eigenvalue weighted by atomic mass is 10.2. The van der Waals surface area contributed by atoms with Crippen LogP contribution in [0.1, 0.15) is 18.0 Å². The van der Waals surface area contributed by atoms with Crippen molar-refractivity contribution in [2.45, 2.75) is 18.9 Å². The van der Waals surface area contributed by atoms with E-state index in [9.17, 15) is 4.79 Å². The van der Waals surface area contributed by atoms with Crippen molar-refractivity contribution in [2.24, 2.45) is 0 Å². The topological polar surface area (TPSA) is 51.0 Å². The third kappa shape index (κ3) is 2.70. The highest BCUT2D eigenvalue weighted by atomic mass is 16.2. The predicted molar refractivity (Wildman–Crippen MR) is 87.9 cm³/mol. The van der Waals surface area contributed by atoms with E-state index in [4.69, 9.17) is 0 Å². The van der Waals surface area contributed by atoms with Gasteiger partial charge in [-0.3, -0.25) is 9.78 Å². The number of imidazole rings is 1. The number of fused-ring (bicyclic) bond motifs is 1. The van der Waals surface area contributed by atoms with Crippen LogP contribution in [0.15, 0.2) is 55.1 Å². The molecule has 23 heavy (non-hydrogen) atoms. The minimum Gasteiger partial charge on any atom is -0.340 e. The fraction of sp³-hybridized carbons (Fsp3) is 0.278. The SMILES string of the molecule is O=C(Cc1cccnc1)N1CC[C@@H](n2cnc3ccccc32)C1. The van der Waals surface area contributed by atoms with Crippen molar-refractivity contribution in [1.82, 2.24) is 19.4 Å². The summed E-state index contributed by atoms with van der Waals surface area (Å²) < 4.78 is 2.20. The van der Waals surface area contributed by atoms with Gasteiger partial charge in [-0.05, 0) is 30.2 Å². The van der Waals surface area contributed by atoms with Crippen molar-refractivity contribution in [2.75, 3.05) is 13.1 Å². The molecule has 0 radical (unpaired) electrons. The molecule has 1 aliphatic rings. The summed E-state index contributed by atoms with van der Waals surface area (Å²) in [6.07, 6.45) is 6.77. The Bertz CT molecular complexity index is 827. The molecule has 1 fully saturated rings. The summed E-state index contributed by atoms with van der Waals surface area (Å²) in [5, 5.41) is 0. The quantitative estimate of drug-likeness (QED) is 0.747. The molecule has 5 heteroatoms. The summed E-state index contributed by atoms with van der Waals surface area (Å²) in [7, 11) is 0. The van der Waals surface area contributed by atoms with E-state index in [1.54, 1.807) is 12.4 Å². The summed E-state index contributed by atoms with van der Waals surface area (Å²) in [6.45, 7) is 1.55. The number of carbonyl (C=O) groups excluding carboxylic acids is 1. The van der Waals surface area contributed by atoms with Gasteiger partial charge in [-0.2, -0.15) is 0 Å². The normalized spacial score (nSPS) is 17.7. The second-order valence-electron chi connectivity index (χ2n) is 5.96. The Morgan fingerprint density at radius 2 is 2.13 bits per heavy atom. The van der Waals surface area contributed by atoms with Gasteiger partial charge in [0.25, 0.3) is 0 Å². The van der Waals surface area contributed by atoms with Crippen molar-refractivity contribution in [3.63, 3.8) is 0 Å². The highest BCUT2D eigenvalue weighted by Gasteiger charge is 2.28. The Morgan fingerprint density at radius 3 is 3.00 bits per heavy atom. The maximum atomic E-state index is 12.5. The van der Waals surface area contributed by atoms with Gasteiger partial charge in [-0.15, -0.1) is 0 Å². The highest BCUT2D eigenvalue weighted by molar-refractivity contribution is 5.79. The van der Waals surface area contributed by atoms with E-state index in [1.807, 2.05) is 41.6 Å². The number of hydrogen-bond acceptors (Lipinski definition) is 3. The Labute approximate surface area is 134 Å². The molecule has 0 aliphatic carbocycles. The maximum Gasteiger partial charge on any atom is 0.227 e. The average molecular weight is 306 g/mol. The molecule has 1 atom stereocenters. The molecule has 2 aromatic heterocycles. The van der Waals surface area contributed by atoms with Gasteiger partial charge in [-0.25, -0.2) is 4.98 Å². The number of para-hydroxylation sites is 2. The number of aromatic nitrogens is 3. The smallest absolute Gasteiger partial charge is 0.227 e. The zero-order valence-electron chi connectivity index (χ0n) is 12.8. The molecular weight excluding hydrogens is 288 g/mol. The van der Waals surface area contributed by atoms with Crippen LogP contribution in [0.4, 0.5) is 0 Å². The standard InChI is InChI=1S/C18H18N4O/c23-18(10-14-4-3-8-19-11-14)21-9-7-15(12-21)22-13-20-16-5-1-2-6-17(16)22/h1-6,8,11,13,15H,7,9-10,12H2/t15-/m1/s1. The zero-order chi connectivity index (χ0) is 15.6. The minimum absolute atomic E-state index is 0.171. The molecule has 0 unspecified atom stereocenters. The number of pyridine rings is 1. The van der Waals surface area contributed by atoms with E-state index < -0.39 is 0 Å². The molecule has 0 saturated carbocycles. The van der Waals surface area contributed by atoms with Crippen LogP contribution >= 0.6 is 0 Å². The Morgan fingerprint density at radius 1 is 1.22 bits per heavy atom. The van der Waals surface area contributed by atoms with Crippen molar-refractivity contribution in [3.8, 4) is 0 Å². The molecule has 3 heterocycles. The number of benzene rings is 1. The van der Waals surface area contributed by atoms with Gasteiger partial charge in [0.2, 0.25) is 5.91 Å². The van der Waals surface area contributed by atoms with Gasteiger partial charge in [0.15, 0.2) is 0 Å². The van der Waals surface area contributed by atoms with Crippen molar-refractivity contribution in [3.05, 3.63) is 60.7 Å². The van der Waals surface area contributed by atoms with Crippen LogP contribution in [0.2, 0.25) is 0 Å². The molecule has 0 bridgehead atoms. The van der Waals surface area contributed by atoms with Crippen LogP contribution in [0.5, 0.6) is 0 Å². The summed E-state index contributed by atoms with van der Waals surface area (Å²) in [5.41, 5.74) is 3.11. The molecule has 1 amide bonds. The van der Waals surface area contributed by atoms with E-state index in [0.29, 0.717) is 12.5 Å². The molecular formula is C18H18N4O. The minimum atomic E-state index is 0.171. The highest BCUT2D eigenvalue weighted by Crippen LogP contribution is 2.26. The predicted octanol–water partition coefficient (Wildman–Crippen LogP) is 2.45. The summed E-state index contributed by atoms with van der Waals surface area (Å²) in [4.78, 5) is 22.9. The lowest BCUT2D eigenvalue weighted by Gasteiger charge is -2.17. The Hall–Kier alpha value is -2.69. The van der Waals surface area contributed by atoms with E-state index in [2.05, 4.69) is 20.6 Å². The lowest BCUT2D eigenvalue weighted by Crippen LogP contribution is -2.30. The van der Waals surface area contributed by atoms with E-state index in [1.165, 1.54) is 0 Å². The third-order valence-electron chi connectivity index (χ3n) is 4.47. The van der Waals surface area contributed by atoms with Crippen LogP contribution in [0.3, 0.4) is 0 Å². The fourth-order valence-electron chi connectivity index (χ4n) is 3.25. The molecule has 0 spiro atoms. The molecule has 1 aliphatic heterocycles. The van der Waals surface area contributed by atoms with Gasteiger partial charge < -0.3 is 9.47 Å². The first-order valence-corrected chi connectivity index (χ1v) is 7.89. The van der Waals surface area contributed by atoms with Gasteiger partial charge in [0.05, 0.1) is 29.8 Å². The summed E-state index contributed by atoms with van der Waals surface area (Å²) >= 11 is 0. The molecule has 0 N–H and O–H groups in total. The maximum absolute atomic E-state index is 12.5. The zero-order valence-corrected chi connectivity index (χ0v) is 12.8. The molecule has 5 nitrogen and oxygen atoms in total. The van der Waals surface area contributed by atoms with Gasteiger partial charge in [0, 0.05) is 25.5 Å². The van der Waals surface area contributed by atoms with E-state index in [0.717, 1.165) is 36.1 Å². The van der Waals surface area contributed by atoms with E-state index in [-0.39, 0.29) is 5.91 Å². The molecule has 1 saturated heterocycles. The number of carbonyl (C=O) groups is 1. The summed E-state index contributed by atoms with van der Waals surface area (Å²) in [6, 6.07) is 12.3. The Kier molecular flexibility index (Phi) is 3.54. The monoisotopic (exact) mass is 306 g/mol. The van der Waals surface area contributed by atoms with Crippen molar-refractivity contribution >= 4 is 16.9 Å². The second kappa shape index (κ2) is 5.83. The van der Waals surface area contributed by atoms with Gasteiger partial charge in [0.1, 0.15) is 0 Å². The van der Waals surface area contributed by atoms with E-state index >= 15 is 0 Å². The summed E-state index contributed by atoms with van der Waals surface area (Å²) in [5.74, 6) is 0.171. The first kappa shape index (κ1) is 13.9. The third-order valence-corrected chi connectivity index (χ3v) is 4.47. The van der Waals surface area contributed by atoms with Crippen LogP contribution < -0.4 is 0 Å².